The highest BCUT2D eigenvalue weighted by Crippen LogP contribution is 2.27. The molecule has 0 aliphatic carbocycles. The maximum atomic E-state index is 12.4. The summed E-state index contributed by atoms with van der Waals surface area (Å²) in [7, 11) is 3.21. The van der Waals surface area contributed by atoms with Gasteiger partial charge in [-0.2, -0.15) is 0 Å². The maximum Gasteiger partial charge on any atom is 0.313 e. The first-order valence-corrected chi connectivity index (χ1v) is 9.41. The minimum atomic E-state index is -0.275. The highest BCUT2D eigenvalue weighted by Gasteiger charge is 2.17. The van der Waals surface area contributed by atoms with E-state index in [9.17, 15) is 4.79 Å². The molecule has 0 heterocycles. The highest BCUT2D eigenvalue weighted by molar-refractivity contribution is 5.77. The molecule has 27 heavy (non-hydrogen) atoms. The second kappa shape index (κ2) is 10.0. The van der Waals surface area contributed by atoms with Gasteiger partial charge < -0.3 is 14.2 Å². The molecule has 0 saturated carbocycles. The third-order valence-electron chi connectivity index (χ3n) is 4.56. The molecule has 2 rings (SSSR count). The monoisotopic (exact) mass is 370 g/mol. The number of hydrogen-bond donors (Lipinski definition) is 0. The summed E-state index contributed by atoms with van der Waals surface area (Å²) in [5.74, 6) is 1.51. The van der Waals surface area contributed by atoms with Crippen LogP contribution in [0.25, 0.3) is 0 Å². The van der Waals surface area contributed by atoms with Crippen LogP contribution < -0.4 is 9.47 Å². The smallest absolute Gasteiger partial charge is 0.313 e. The number of methoxy groups -OCH3 is 2. The lowest BCUT2D eigenvalue weighted by Gasteiger charge is -2.14. The Kier molecular flexibility index (Phi) is 7.71. The minimum Gasteiger partial charge on any atom is -0.493 e. The second-order valence-electron chi connectivity index (χ2n) is 7.17. The van der Waals surface area contributed by atoms with Gasteiger partial charge in [0.25, 0.3) is 0 Å². The van der Waals surface area contributed by atoms with Crippen molar-refractivity contribution in [2.24, 2.45) is 5.92 Å². The van der Waals surface area contributed by atoms with Gasteiger partial charge >= 0.3 is 5.97 Å². The van der Waals surface area contributed by atoms with Crippen LogP contribution >= 0.6 is 0 Å². The quantitative estimate of drug-likeness (QED) is 0.595. The largest absolute Gasteiger partial charge is 0.493 e. The first-order valence-electron chi connectivity index (χ1n) is 9.41. The number of ether oxygens (including phenoxy) is 3. The molecule has 4 nitrogen and oxygen atoms in total. The van der Waals surface area contributed by atoms with Crippen LogP contribution in [-0.2, 0) is 22.4 Å². The first-order chi connectivity index (χ1) is 12.9. The Hall–Kier alpha value is -2.49. The summed E-state index contributed by atoms with van der Waals surface area (Å²) in [5, 5.41) is 0. The predicted octanol–water partition coefficient (Wildman–Crippen LogP) is 4.79. The normalized spacial score (nSPS) is 11.9. The Balaban J connectivity index is 1.88. The molecule has 0 aliphatic heterocycles. The number of hydrogen-bond acceptors (Lipinski definition) is 4. The molecule has 2 aromatic carbocycles. The maximum absolute atomic E-state index is 12.4. The number of carbonyl (C=O) groups is 1. The van der Waals surface area contributed by atoms with Gasteiger partial charge in [0.15, 0.2) is 11.5 Å². The van der Waals surface area contributed by atoms with Gasteiger partial charge in [0.2, 0.25) is 0 Å². The van der Waals surface area contributed by atoms with Crippen molar-refractivity contribution in [3.05, 3.63) is 59.2 Å². The zero-order valence-electron chi connectivity index (χ0n) is 17.0. The topological polar surface area (TPSA) is 44.8 Å². The van der Waals surface area contributed by atoms with Crippen molar-refractivity contribution in [2.75, 3.05) is 20.8 Å². The Bertz CT molecular complexity index is 735. The fourth-order valence-electron chi connectivity index (χ4n) is 2.98. The molecule has 0 amide bonds. The average molecular weight is 370 g/mol. The van der Waals surface area contributed by atoms with E-state index in [-0.39, 0.29) is 11.9 Å². The molecular formula is C23H30O4. The standard InChI is InChI=1S/C23H30O4/c1-16(2)14-18-6-9-20(10-7-18)17(3)23(24)27-13-12-19-8-11-21(25-4)22(15-19)26-5/h6-11,15-17H,12-14H2,1-5H3/t17-/m0/s1. The van der Waals surface area contributed by atoms with Crippen molar-refractivity contribution in [3.63, 3.8) is 0 Å². The summed E-state index contributed by atoms with van der Waals surface area (Å²) in [4.78, 5) is 12.4. The minimum absolute atomic E-state index is 0.202. The number of benzene rings is 2. The lowest BCUT2D eigenvalue weighted by atomic mass is 9.97. The summed E-state index contributed by atoms with van der Waals surface area (Å²) in [5.41, 5.74) is 3.31. The molecule has 2 aromatic rings. The predicted molar refractivity (Wildman–Crippen MR) is 108 cm³/mol. The van der Waals surface area contributed by atoms with E-state index in [0.29, 0.717) is 30.4 Å². The van der Waals surface area contributed by atoms with Crippen molar-refractivity contribution in [2.45, 2.75) is 39.5 Å². The van der Waals surface area contributed by atoms with E-state index in [0.717, 1.165) is 17.5 Å². The van der Waals surface area contributed by atoms with Gasteiger partial charge in [0, 0.05) is 6.42 Å². The van der Waals surface area contributed by atoms with E-state index >= 15 is 0 Å². The van der Waals surface area contributed by atoms with Crippen molar-refractivity contribution in [1.29, 1.82) is 0 Å². The molecule has 146 valence electrons. The van der Waals surface area contributed by atoms with Crippen LogP contribution in [0.15, 0.2) is 42.5 Å². The van der Waals surface area contributed by atoms with Crippen molar-refractivity contribution >= 4 is 5.97 Å². The molecule has 0 aromatic heterocycles. The van der Waals surface area contributed by atoms with Crippen LogP contribution in [0.2, 0.25) is 0 Å². The van der Waals surface area contributed by atoms with Gasteiger partial charge in [-0.25, -0.2) is 0 Å². The zero-order valence-corrected chi connectivity index (χ0v) is 17.0. The number of esters is 1. The summed E-state index contributed by atoms with van der Waals surface area (Å²) in [6.45, 7) is 6.62. The molecule has 0 N–H and O–H groups in total. The average Bonchev–Trinajstić information content (AvgIpc) is 2.67. The van der Waals surface area contributed by atoms with Crippen molar-refractivity contribution in [3.8, 4) is 11.5 Å². The molecule has 0 aliphatic rings. The van der Waals surface area contributed by atoms with Crippen molar-refractivity contribution in [1.82, 2.24) is 0 Å². The Morgan fingerprint density at radius 1 is 0.889 bits per heavy atom. The third-order valence-corrected chi connectivity index (χ3v) is 4.56. The van der Waals surface area contributed by atoms with Gasteiger partial charge in [0.1, 0.15) is 0 Å². The molecule has 0 saturated heterocycles. The Labute approximate surface area is 162 Å². The third kappa shape index (κ3) is 6.02. The van der Waals surface area contributed by atoms with Crippen LogP contribution in [0.5, 0.6) is 11.5 Å². The lowest BCUT2D eigenvalue weighted by molar-refractivity contribution is -0.144. The summed E-state index contributed by atoms with van der Waals surface area (Å²) in [6.07, 6.45) is 1.68. The molecular weight excluding hydrogens is 340 g/mol. The van der Waals surface area contributed by atoms with Gasteiger partial charge in [0.05, 0.1) is 26.7 Å². The Morgan fingerprint density at radius 3 is 2.11 bits per heavy atom. The summed E-state index contributed by atoms with van der Waals surface area (Å²) in [6, 6.07) is 14.0. The van der Waals surface area contributed by atoms with Crippen LogP contribution in [0, 0.1) is 5.92 Å². The number of rotatable bonds is 9. The first kappa shape index (κ1) is 20.8. The Morgan fingerprint density at radius 2 is 1.52 bits per heavy atom. The van der Waals surface area contributed by atoms with E-state index in [4.69, 9.17) is 14.2 Å². The van der Waals surface area contributed by atoms with Crippen LogP contribution in [-0.4, -0.2) is 26.8 Å². The zero-order chi connectivity index (χ0) is 19.8. The molecule has 0 unspecified atom stereocenters. The van der Waals surface area contributed by atoms with E-state index in [2.05, 4.69) is 26.0 Å². The SMILES string of the molecule is COc1ccc(CCOC(=O)[C@@H](C)c2ccc(CC(C)C)cc2)cc1OC. The summed E-state index contributed by atoms with van der Waals surface area (Å²) < 4.78 is 16.0. The summed E-state index contributed by atoms with van der Waals surface area (Å²) >= 11 is 0. The molecule has 0 spiro atoms. The molecule has 0 bridgehead atoms. The molecule has 4 heteroatoms. The van der Waals surface area contributed by atoms with Gasteiger partial charge in [-0.1, -0.05) is 44.2 Å². The van der Waals surface area contributed by atoms with Gasteiger partial charge in [-0.15, -0.1) is 0 Å². The van der Waals surface area contributed by atoms with Crippen LogP contribution in [0.3, 0.4) is 0 Å². The van der Waals surface area contributed by atoms with Crippen molar-refractivity contribution < 1.29 is 19.0 Å². The van der Waals surface area contributed by atoms with Crippen LogP contribution in [0.1, 0.15) is 43.4 Å². The fourth-order valence-corrected chi connectivity index (χ4v) is 2.98. The fraction of sp³-hybridized carbons (Fsp3) is 0.435. The lowest BCUT2D eigenvalue weighted by Crippen LogP contribution is -2.15. The highest BCUT2D eigenvalue weighted by atomic mass is 16.5. The van der Waals surface area contributed by atoms with E-state index < -0.39 is 0 Å². The molecule has 1 atom stereocenters. The van der Waals surface area contributed by atoms with Gasteiger partial charge in [-0.05, 0) is 48.1 Å². The number of carbonyl (C=O) groups excluding carboxylic acids is 1. The van der Waals surface area contributed by atoms with E-state index in [1.807, 2.05) is 37.3 Å². The van der Waals surface area contributed by atoms with Crippen LogP contribution in [0.4, 0.5) is 0 Å². The van der Waals surface area contributed by atoms with E-state index in [1.54, 1.807) is 14.2 Å². The molecule has 0 radical (unpaired) electrons. The second-order valence-corrected chi connectivity index (χ2v) is 7.17. The van der Waals surface area contributed by atoms with Gasteiger partial charge in [-0.3, -0.25) is 4.79 Å². The van der Waals surface area contributed by atoms with E-state index in [1.165, 1.54) is 5.56 Å². The molecule has 0 fully saturated rings.